The van der Waals surface area contributed by atoms with Crippen molar-refractivity contribution in [3.8, 4) is 0 Å². The smallest absolute Gasteiger partial charge is 0.282 e. The molecule has 6 heteroatoms. The number of benzene rings is 2. The van der Waals surface area contributed by atoms with Gasteiger partial charge in [0.2, 0.25) is 0 Å². The van der Waals surface area contributed by atoms with Crippen LogP contribution in [-0.2, 0) is 0 Å². The molecule has 2 rings (SSSR count). The molecule has 0 fully saturated rings. The van der Waals surface area contributed by atoms with E-state index in [2.05, 4.69) is 5.32 Å². The molecule has 2 aromatic carbocycles. The molecule has 1 amide bonds. The Morgan fingerprint density at radius 2 is 1.90 bits per heavy atom. The van der Waals surface area contributed by atoms with Gasteiger partial charge in [-0.15, -0.1) is 0 Å². The zero-order valence-electron chi connectivity index (χ0n) is 11.2. The monoisotopic (exact) mass is 304 g/mol. The Kier molecular flexibility index (Phi) is 4.55. The molecule has 21 heavy (non-hydrogen) atoms. The number of amides is 1. The lowest BCUT2D eigenvalue weighted by atomic mass is 10.1. The Morgan fingerprint density at radius 1 is 1.24 bits per heavy atom. The predicted molar refractivity (Wildman–Crippen MR) is 80.4 cm³/mol. The second-order valence-corrected chi connectivity index (χ2v) is 4.96. The zero-order chi connectivity index (χ0) is 15.4. The van der Waals surface area contributed by atoms with E-state index in [-0.39, 0.29) is 22.3 Å². The van der Waals surface area contributed by atoms with E-state index in [1.165, 1.54) is 18.2 Å². The summed E-state index contributed by atoms with van der Waals surface area (Å²) < 4.78 is 0. The van der Waals surface area contributed by atoms with Crippen LogP contribution in [0.5, 0.6) is 0 Å². The van der Waals surface area contributed by atoms with Crippen LogP contribution in [0.2, 0.25) is 5.02 Å². The van der Waals surface area contributed by atoms with E-state index in [1.807, 2.05) is 37.3 Å². The van der Waals surface area contributed by atoms with Gasteiger partial charge >= 0.3 is 0 Å². The standard InChI is InChI=1S/C15H13ClN2O3/c1-10(11-5-3-2-4-6-11)17-15(19)13-9-12(16)7-8-14(13)18(20)21/h2-10H,1H3,(H,17,19)/t10-/m0/s1. The van der Waals surface area contributed by atoms with Gasteiger partial charge in [0.15, 0.2) is 0 Å². The van der Waals surface area contributed by atoms with Gasteiger partial charge in [0.1, 0.15) is 5.56 Å². The Balaban J connectivity index is 2.25. The highest BCUT2D eigenvalue weighted by atomic mass is 35.5. The van der Waals surface area contributed by atoms with Gasteiger partial charge in [-0.2, -0.15) is 0 Å². The second kappa shape index (κ2) is 6.37. The third-order valence-electron chi connectivity index (χ3n) is 3.05. The normalized spacial score (nSPS) is 11.7. The van der Waals surface area contributed by atoms with Gasteiger partial charge in [-0.3, -0.25) is 14.9 Å². The summed E-state index contributed by atoms with van der Waals surface area (Å²) in [7, 11) is 0. The Hall–Kier alpha value is -2.40. The van der Waals surface area contributed by atoms with Crippen LogP contribution in [0.15, 0.2) is 48.5 Å². The maximum Gasteiger partial charge on any atom is 0.282 e. The molecule has 0 aliphatic heterocycles. The van der Waals surface area contributed by atoms with Gasteiger partial charge in [0.05, 0.1) is 11.0 Å². The fourth-order valence-electron chi connectivity index (χ4n) is 1.95. The van der Waals surface area contributed by atoms with Crippen molar-refractivity contribution in [3.63, 3.8) is 0 Å². The molecule has 0 heterocycles. The molecule has 1 atom stereocenters. The molecule has 108 valence electrons. The molecule has 0 saturated heterocycles. The molecule has 0 radical (unpaired) electrons. The zero-order valence-corrected chi connectivity index (χ0v) is 12.0. The molecule has 0 saturated carbocycles. The summed E-state index contributed by atoms with van der Waals surface area (Å²) in [6.45, 7) is 1.81. The van der Waals surface area contributed by atoms with Gasteiger partial charge in [-0.25, -0.2) is 0 Å². The van der Waals surface area contributed by atoms with Crippen LogP contribution in [0.4, 0.5) is 5.69 Å². The molecular weight excluding hydrogens is 292 g/mol. The largest absolute Gasteiger partial charge is 0.345 e. The van der Waals surface area contributed by atoms with Gasteiger partial charge in [-0.1, -0.05) is 41.9 Å². The van der Waals surface area contributed by atoms with E-state index < -0.39 is 10.8 Å². The topological polar surface area (TPSA) is 72.2 Å². The first-order valence-corrected chi connectivity index (χ1v) is 6.66. The van der Waals surface area contributed by atoms with Crippen LogP contribution in [0.25, 0.3) is 0 Å². The first-order valence-electron chi connectivity index (χ1n) is 6.29. The molecular formula is C15H13ClN2O3. The molecule has 0 bridgehead atoms. The van der Waals surface area contributed by atoms with Crippen LogP contribution in [0.3, 0.4) is 0 Å². The molecule has 0 spiro atoms. The summed E-state index contributed by atoms with van der Waals surface area (Å²) in [5.74, 6) is -0.527. The number of rotatable bonds is 4. The van der Waals surface area contributed by atoms with Crippen molar-refractivity contribution < 1.29 is 9.72 Å². The maximum atomic E-state index is 12.2. The van der Waals surface area contributed by atoms with E-state index in [0.717, 1.165) is 5.56 Å². The quantitative estimate of drug-likeness (QED) is 0.691. The third kappa shape index (κ3) is 3.58. The fourth-order valence-corrected chi connectivity index (χ4v) is 2.12. The molecule has 5 nitrogen and oxygen atoms in total. The van der Waals surface area contributed by atoms with Crippen molar-refractivity contribution in [2.75, 3.05) is 0 Å². The minimum Gasteiger partial charge on any atom is -0.345 e. The highest BCUT2D eigenvalue weighted by Gasteiger charge is 2.21. The Bertz CT molecular complexity index is 674. The van der Waals surface area contributed by atoms with Crippen molar-refractivity contribution in [2.24, 2.45) is 0 Å². The molecule has 0 aliphatic rings. The lowest BCUT2D eigenvalue weighted by Crippen LogP contribution is -2.27. The van der Waals surface area contributed by atoms with Crippen LogP contribution in [-0.4, -0.2) is 10.8 Å². The predicted octanol–water partition coefficient (Wildman–Crippen LogP) is 3.74. The third-order valence-corrected chi connectivity index (χ3v) is 3.28. The summed E-state index contributed by atoms with van der Waals surface area (Å²) in [5.41, 5.74) is 0.600. The number of nitro groups is 1. The van der Waals surface area contributed by atoms with Crippen LogP contribution in [0, 0.1) is 10.1 Å². The molecule has 0 unspecified atom stereocenters. The number of hydrogen-bond donors (Lipinski definition) is 1. The minimum atomic E-state index is -0.599. The van der Waals surface area contributed by atoms with Crippen LogP contribution >= 0.6 is 11.6 Å². The van der Waals surface area contributed by atoms with E-state index >= 15 is 0 Å². The Labute approximate surface area is 126 Å². The van der Waals surface area contributed by atoms with Gasteiger partial charge in [-0.05, 0) is 24.6 Å². The average Bonchev–Trinajstić information content (AvgIpc) is 2.47. The van der Waals surface area contributed by atoms with Gasteiger partial charge < -0.3 is 5.32 Å². The van der Waals surface area contributed by atoms with Gasteiger partial charge in [0.25, 0.3) is 11.6 Å². The molecule has 1 N–H and O–H groups in total. The van der Waals surface area contributed by atoms with E-state index in [1.54, 1.807) is 0 Å². The van der Waals surface area contributed by atoms with E-state index in [4.69, 9.17) is 11.6 Å². The molecule has 2 aromatic rings. The summed E-state index contributed by atoms with van der Waals surface area (Å²) in [4.78, 5) is 22.6. The number of carbonyl (C=O) groups is 1. The van der Waals surface area contributed by atoms with Crippen molar-refractivity contribution in [1.82, 2.24) is 5.32 Å². The average molecular weight is 305 g/mol. The first-order chi connectivity index (χ1) is 9.99. The van der Waals surface area contributed by atoms with Gasteiger partial charge in [0, 0.05) is 11.1 Å². The van der Waals surface area contributed by atoms with E-state index in [9.17, 15) is 14.9 Å². The number of carbonyl (C=O) groups excluding carboxylic acids is 1. The lowest BCUT2D eigenvalue weighted by molar-refractivity contribution is -0.385. The highest BCUT2D eigenvalue weighted by molar-refractivity contribution is 6.31. The minimum absolute atomic E-state index is 0.0460. The number of nitrogens with zero attached hydrogens (tertiary/aromatic N) is 1. The van der Waals surface area contributed by atoms with Crippen LogP contribution < -0.4 is 5.32 Å². The van der Waals surface area contributed by atoms with Crippen molar-refractivity contribution in [3.05, 3.63) is 74.8 Å². The Morgan fingerprint density at radius 3 is 2.52 bits per heavy atom. The second-order valence-electron chi connectivity index (χ2n) is 4.52. The summed E-state index contributed by atoms with van der Waals surface area (Å²) in [6, 6.07) is 13.0. The number of nitro benzene ring substituents is 1. The lowest BCUT2D eigenvalue weighted by Gasteiger charge is -2.14. The first kappa shape index (κ1) is 15.0. The fraction of sp³-hybridized carbons (Fsp3) is 0.133. The highest BCUT2D eigenvalue weighted by Crippen LogP contribution is 2.23. The molecule has 0 aliphatic carbocycles. The summed E-state index contributed by atoms with van der Waals surface area (Å²) >= 11 is 5.82. The maximum absolute atomic E-state index is 12.2. The summed E-state index contributed by atoms with van der Waals surface area (Å²) in [5, 5.41) is 14.0. The van der Waals surface area contributed by atoms with Crippen molar-refractivity contribution in [1.29, 1.82) is 0 Å². The number of hydrogen-bond acceptors (Lipinski definition) is 3. The number of nitrogens with one attached hydrogen (secondary N) is 1. The van der Waals surface area contributed by atoms with Crippen LogP contribution in [0.1, 0.15) is 28.9 Å². The summed E-state index contributed by atoms with van der Waals surface area (Å²) in [6.07, 6.45) is 0. The van der Waals surface area contributed by atoms with Crippen molar-refractivity contribution >= 4 is 23.2 Å². The molecule has 0 aromatic heterocycles. The van der Waals surface area contributed by atoms with E-state index in [0.29, 0.717) is 0 Å². The van der Waals surface area contributed by atoms with Crippen molar-refractivity contribution in [2.45, 2.75) is 13.0 Å². The number of halogens is 1. The SMILES string of the molecule is C[C@H](NC(=O)c1cc(Cl)ccc1[N+](=O)[O-])c1ccccc1.